The fraction of sp³-hybridized carbons (Fsp3) is 0.545. The minimum Gasteiger partial charge on any atom is -0.381 e. The Morgan fingerprint density at radius 1 is 1.35 bits per heavy atom. The van der Waals surface area contributed by atoms with Crippen molar-refractivity contribution >= 4 is 29.7 Å². The van der Waals surface area contributed by atoms with Gasteiger partial charge in [0.15, 0.2) is 4.77 Å². The molecule has 9 heteroatoms. The van der Waals surface area contributed by atoms with Crippen LogP contribution >= 0.6 is 23.8 Å². The highest BCUT2D eigenvalue weighted by atomic mass is 35.5. The highest BCUT2D eigenvalue weighted by Gasteiger charge is 2.64. The lowest BCUT2D eigenvalue weighted by molar-refractivity contribution is -0.133. The summed E-state index contributed by atoms with van der Waals surface area (Å²) in [5, 5.41) is -0.0781. The smallest absolute Gasteiger partial charge is 0.228 e. The van der Waals surface area contributed by atoms with Crippen LogP contribution in [0.3, 0.4) is 0 Å². The molecule has 31 heavy (non-hydrogen) atoms. The van der Waals surface area contributed by atoms with E-state index in [1.54, 1.807) is 4.90 Å². The van der Waals surface area contributed by atoms with Gasteiger partial charge in [-0.2, -0.15) is 0 Å². The Balaban J connectivity index is 1.47. The number of fused-ring (bicyclic) bond motifs is 3. The van der Waals surface area contributed by atoms with E-state index in [9.17, 15) is 13.6 Å². The maximum atomic E-state index is 14.8. The van der Waals surface area contributed by atoms with E-state index in [4.69, 9.17) is 28.6 Å². The normalized spacial score (nSPS) is 24.7. The number of likely N-dealkylation sites (N-methyl/N-ethyl adjacent to an activating group) is 1. The molecule has 1 amide bonds. The van der Waals surface area contributed by atoms with Gasteiger partial charge in [0.1, 0.15) is 11.6 Å². The zero-order valence-electron chi connectivity index (χ0n) is 17.5. The average molecular weight is 468 g/mol. The van der Waals surface area contributed by atoms with Crippen LogP contribution in [-0.4, -0.2) is 46.2 Å². The van der Waals surface area contributed by atoms with Crippen LogP contribution in [0.5, 0.6) is 0 Å². The fourth-order valence-electron chi connectivity index (χ4n) is 5.48. The van der Waals surface area contributed by atoms with Crippen LogP contribution in [0.4, 0.5) is 8.78 Å². The average Bonchev–Trinajstić information content (AvgIpc) is 3.31. The van der Waals surface area contributed by atoms with Crippen LogP contribution in [0.1, 0.15) is 42.1 Å². The molecule has 5 nitrogen and oxygen atoms in total. The monoisotopic (exact) mass is 467 g/mol. The number of rotatable bonds is 4. The minimum absolute atomic E-state index is 0.0177. The molecule has 1 aliphatic carbocycles. The first-order valence-corrected chi connectivity index (χ1v) is 11.3. The molecule has 166 valence electrons. The maximum absolute atomic E-state index is 14.8. The topological polar surface area (TPSA) is 39.4 Å². The van der Waals surface area contributed by atoms with Gasteiger partial charge in [0, 0.05) is 68.2 Å². The third-order valence-electron chi connectivity index (χ3n) is 7.35. The van der Waals surface area contributed by atoms with Gasteiger partial charge in [0.25, 0.3) is 0 Å². The van der Waals surface area contributed by atoms with E-state index in [0.717, 1.165) is 24.2 Å². The molecule has 1 saturated heterocycles. The van der Waals surface area contributed by atoms with E-state index in [1.807, 2.05) is 23.2 Å². The molecule has 2 aromatic rings. The van der Waals surface area contributed by atoms with Crippen molar-refractivity contribution in [1.29, 1.82) is 0 Å². The number of benzene rings is 1. The van der Waals surface area contributed by atoms with Gasteiger partial charge in [0.2, 0.25) is 5.91 Å². The molecule has 2 atom stereocenters. The first-order valence-electron chi connectivity index (χ1n) is 10.5. The molecule has 0 spiro atoms. The third-order valence-corrected chi connectivity index (χ3v) is 8.13. The summed E-state index contributed by atoms with van der Waals surface area (Å²) >= 11 is 11.6. The number of halogens is 3. The van der Waals surface area contributed by atoms with Gasteiger partial charge >= 0.3 is 0 Å². The van der Waals surface area contributed by atoms with Gasteiger partial charge in [-0.3, -0.25) is 4.79 Å². The van der Waals surface area contributed by atoms with Crippen molar-refractivity contribution in [2.75, 3.05) is 20.3 Å². The van der Waals surface area contributed by atoms with E-state index < -0.39 is 17.0 Å². The van der Waals surface area contributed by atoms with Crippen LogP contribution in [0.2, 0.25) is 5.02 Å². The second-order valence-electron chi connectivity index (χ2n) is 8.92. The molecule has 5 rings (SSSR count). The zero-order chi connectivity index (χ0) is 22.1. The molecule has 2 fully saturated rings. The zero-order valence-corrected chi connectivity index (χ0v) is 19.0. The van der Waals surface area contributed by atoms with Crippen molar-refractivity contribution in [3.63, 3.8) is 0 Å². The van der Waals surface area contributed by atoms with Crippen molar-refractivity contribution < 1.29 is 18.3 Å². The lowest BCUT2D eigenvalue weighted by atomic mass is 9.92. The molecule has 3 aliphatic rings. The molecular formula is C22H24ClF2N3O2S. The summed E-state index contributed by atoms with van der Waals surface area (Å²) in [5.41, 5.74) is 1.13. The van der Waals surface area contributed by atoms with Crippen LogP contribution in [0.15, 0.2) is 12.1 Å². The van der Waals surface area contributed by atoms with E-state index in [0.29, 0.717) is 31.0 Å². The Morgan fingerprint density at radius 2 is 2.06 bits per heavy atom. The van der Waals surface area contributed by atoms with Crippen molar-refractivity contribution in [1.82, 2.24) is 14.0 Å². The maximum Gasteiger partial charge on any atom is 0.228 e. The molecule has 1 aromatic carbocycles. The number of hydrogen-bond donors (Lipinski definition) is 0. The third kappa shape index (κ3) is 3.09. The molecule has 1 aromatic heterocycles. The van der Waals surface area contributed by atoms with Crippen LogP contribution in [0.25, 0.3) is 0 Å². The summed E-state index contributed by atoms with van der Waals surface area (Å²) in [6, 6.07) is 2.63. The molecule has 0 bridgehead atoms. The van der Waals surface area contributed by atoms with Crippen molar-refractivity contribution in [3.8, 4) is 0 Å². The molecule has 1 saturated carbocycles. The van der Waals surface area contributed by atoms with E-state index >= 15 is 0 Å². The first kappa shape index (κ1) is 21.1. The SMILES string of the molecule is CN(C(=O)Cc1c2n(c(=S)n1C)C[C@@]1(c3c(F)ccc(Cl)c3F)C[C@@H]21)C1CCOCC1. The van der Waals surface area contributed by atoms with Gasteiger partial charge in [-0.25, -0.2) is 8.78 Å². The minimum atomic E-state index is -0.693. The number of carbonyl (C=O) groups excluding carboxylic acids is 1. The number of amides is 1. The second-order valence-corrected chi connectivity index (χ2v) is 9.69. The second kappa shape index (κ2) is 7.39. The largest absolute Gasteiger partial charge is 0.381 e. The molecule has 0 unspecified atom stereocenters. The number of ether oxygens (including phenoxy) is 1. The van der Waals surface area contributed by atoms with Gasteiger partial charge in [0.05, 0.1) is 11.4 Å². The van der Waals surface area contributed by atoms with Crippen LogP contribution in [-0.2, 0) is 35.0 Å². The lowest BCUT2D eigenvalue weighted by Gasteiger charge is -2.31. The molecule has 3 heterocycles. The Hall–Kier alpha value is -1.77. The quantitative estimate of drug-likeness (QED) is 0.502. The molecule has 2 aliphatic heterocycles. The number of aromatic nitrogens is 2. The highest BCUT2D eigenvalue weighted by molar-refractivity contribution is 7.71. The Morgan fingerprint density at radius 3 is 2.77 bits per heavy atom. The summed E-state index contributed by atoms with van der Waals surface area (Å²) < 4.78 is 39.3. The first-order chi connectivity index (χ1) is 14.8. The standard InChI is InChI=1S/C22H24ClF2N3O2S/c1-26(12-5-7-30-8-6-12)17(29)9-16-20-13-10-22(13,11-28(20)21(31)27(16)2)18-15(24)4-3-14(23)19(18)25/h3-4,12-13H,5-11H2,1-2H3/t13-,22-/m0/s1. The predicted molar refractivity (Wildman–Crippen MR) is 115 cm³/mol. The summed E-state index contributed by atoms with van der Waals surface area (Å²) in [4.78, 5) is 14.9. The summed E-state index contributed by atoms with van der Waals surface area (Å²) in [6.45, 7) is 1.72. The number of nitrogens with zero attached hydrogens (tertiary/aromatic N) is 3. The van der Waals surface area contributed by atoms with Gasteiger partial charge in [-0.1, -0.05) is 11.6 Å². The number of hydrogen-bond acceptors (Lipinski definition) is 3. The van der Waals surface area contributed by atoms with Crippen molar-refractivity contribution in [2.45, 2.75) is 49.6 Å². The predicted octanol–water partition coefficient (Wildman–Crippen LogP) is 4.11. The Labute approximate surface area is 189 Å². The highest BCUT2D eigenvalue weighted by Crippen LogP contribution is 2.67. The van der Waals surface area contributed by atoms with E-state index in [2.05, 4.69) is 0 Å². The van der Waals surface area contributed by atoms with Crippen molar-refractivity contribution in [3.05, 3.63) is 50.5 Å². The van der Waals surface area contributed by atoms with Gasteiger partial charge in [-0.05, 0) is 43.6 Å². The molecule has 0 radical (unpaired) electrons. The Bertz CT molecular complexity index is 1140. The van der Waals surface area contributed by atoms with Crippen molar-refractivity contribution in [2.24, 2.45) is 7.05 Å². The molecular weight excluding hydrogens is 444 g/mol. The van der Waals surface area contributed by atoms with Crippen LogP contribution < -0.4 is 0 Å². The van der Waals surface area contributed by atoms with Gasteiger partial charge < -0.3 is 18.8 Å². The number of carbonyl (C=O) groups is 1. The lowest BCUT2D eigenvalue weighted by Crippen LogP contribution is -2.41. The summed E-state index contributed by atoms with van der Waals surface area (Å²) in [5.74, 6) is -1.33. The fourth-order valence-corrected chi connectivity index (χ4v) is 5.91. The molecule has 0 N–H and O–H groups in total. The van der Waals surface area contributed by atoms with E-state index in [-0.39, 0.29) is 34.9 Å². The summed E-state index contributed by atoms with van der Waals surface area (Å²) in [7, 11) is 3.69. The number of imidazole rings is 1. The van der Waals surface area contributed by atoms with E-state index in [1.165, 1.54) is 12.1 Å². The summed E-state index contributed by atoms with van der Waals surface area (Å²) in [6.07, 6.45) is 2.49. The van der Waals surface area contributed by atoms with Gasteiger partial charge in [-0.15, -0.1) is 0 Å². The Kier molecular flexibility index (Phi) is 5.03. The van der Waals surface area contributed by atoms with Crippen LogP contribution in [0, 0.1) is 16.4 Å².